The zero-order valence-corrected chi connectivity index (χ0v) is 20.0. The lowest BCUT2D eigenvalue weighted by Crippen LogP contribution is -2.35. The molecule has 190 valence electrons. The van der Waals surface area contributed by atoms with E-state index in [-0.39, 0.29) is 42.9 Å². The first kappa shape index (κ1) is 25.8. The number of carbonyl (C=O) groups excluding carboxylic acids is 1. The van der Waals surface area contributed by atoms with Gasteiger partial charge in [-0.3, -0.25) is 20.0 Å². The van der Waals surface area contributed by atoms with E-state index in [2.05, 4.69) is 30.8 Å². The van der Waals surface area contributed by atoms with Gasteiger partial charge in [0.15, 0.2) is 0 Å². The Bertz CT molecular complexity index is 1370. The Morgan fingerprint density at radius 3 is 2.84 bits per heavy atom. The maximum absolute atomic E-state index is 14.5. The first-order chi connectivity index (χ1) is 17.8. The van der Waals surface area contributed by atoms with E-state index in [1.54, 1.807) is 18.2 Å². The van der Waals surface area contributed by atoms with E-state index in [0.29, 0.717) is 21.3 Å². The Hall–Kier alpha value is -4.28. The first-order valence-corrected chi connectivity index (χ1v) is 11.4. The summed E-state index contributed by atoms with van der Waals surface area (Å²) >= 11 is 6.10. The fraction of sp³-hybridized carbons (Fsp3) is 0.261. The quantitative estimate of drug-likeness (QED) is 0.454. The van der Waals surface area contributed by atoms with Gasteiger partial charge in [-0.05, 0) is 52.7 Å². The van der Waals surface area contributed by atoms with Crippen molar-refractivity contribution in [3.8, 4) is 11.8 Å². The molecule has 0 fully saturated rings. The van der Waals surface area contributed by atoms with Gasteiger partial charge in [0.25, 0.3) is 0 Å². The normalized spacial score (nSPS) is 15.1. The highest BCUT2D eigenvalue weighted by molar-refractivity contribution is 6.30. The highest BCUT2D eigenvalue weighted by atomic mass is 35.5. The highest BCUT2D eigenvalue weighted by Crippen LogP contribution is 2.29. The molecule has 3 heterocycles. The van der Waals surface area contributed by atoms with Gasteiger partial charge < -0.3 is 5.32 Å². The van der Waals surface area contributed by atoms with E-state index in [1.807, 2.05) is 6.07 Å². The number of hydrogen-bond acceptors (Lipinski definition) is 8. The number of tetrazole rings is 1. The largest absolute Gasteiger partial charge is 0.352 e. The van der Waals surface area contributed by atoms with Crippen molar-refractivity contribution in [1.82, 2.24) is 35.6 Å². The molecule has 0 saturated carbocycles. The Balaban J connectivity index is 1.45. The Morgan fingerprint density at radius 1 is 1.30 bits per heavy atom. The van der Waals surface area contributed by atoms with Gasteiger partial charge in [-0.25, -0.2) is 9.75 Å². The van der Waals surface area contributed by atoms with E-state index in [9.17, 15) is 24.0 Å². The van der Waals surface area contributed by atoms with Crippen LogP contribution >= 0.6 is 11.6 Å². The number of amides is 1. The molecule has 2 N–H and O–H groups in total. The standard InChI is InChI=1S/C23H20ClF2N9O2/c24-17-5-6-18(34-14-31-32-33-34)16(9-17)12-29-22(36)10-19-15(11-27)4-7-21(35(19)37)30-13-23(25,26)20-3-1-2-8-28-20/h1-3,5-6,8-9,14,37H,4,7,10,12-13H2,(H,29,36). The first-order valence-electron chi connectivity index (χ1n) is 11.0. The maximum Gasteiger partial charge on any atom is 0.308 e. The number of carbonyl (C=O) groups is 1. The second-order valence-corrected chi connectivity index (χ2v) is 8.42. The van der Waals surface area contributed by atoms with Gasteiger partial charge in [0.1, 0.15) is 24.4 Å². The van der Waals surface area contributed by atoms with Gasteiger partial charge in [0.05, 0.1) is 29.4 Å². The average molecular weight is 528 g/mol. The van der Waals surface area contributed by atoms with Crippen LogP contribution in [0.15, 0.2) is 65.2 Å². The molecule has 1 aliphatic rings. The molecule has 3 aromatic rings. The number of nitrogens with zero attached hydrogens (tertiary/aromatic N) is 8. The number of allylic oxidation sites excluding steroid dienone is 1. The van der Waals surface area contributed by atoms with E-state index >= 15 is 0 Å². The molecule has 1 aromatic carbocycles. The topological polar surface area (TPSA) is 145 Å². The summed E-state index contributed by atoms with van der Waals surface area (Å²) in [7, 11) is 0. The summed E-state index contributed by atoms with van der Waals surface area (Å²) in [5, 5.41) is 34.8. The monoisotopic (exact) mass is 527 g/mol. The van der Waals surface area contributed by atoms with E-state index in [4.69, 9.17) is 11.6 Å². The van der Waals surface area contributed by atoms with Crippen molar-refractivity contribution in [3.05, 3.63) is 76.5 Å². The minimum Gasteiger partial charge on any atom is -0.352 e. The van der Waals surface area contributed by atoms with Crippen LogP contribution in [0.4, 0.5) is 8.78 Å². The number of pyridine rings is 1. The maximum atomic E-state index is 14.5. The van der Waals surface area contributed by atoms with Gasteiger partial charge >= 0.3 is 5.92 Å². The minimum absolute atomic E-state index is 0.0297. The molecule has 11 nitrogen and oxygen atoms in total. The van der Waals surface area contributed by atoms with Crippen molar-refractivity contribution in [2.45, 2.75) is 31.7 Å². The molecule has 0 spiro atoms. The molecule has 37 heavy (non-hydrogen) atoms. The lowest BCUT2D eigenvalue weighted by molar-refractivity contribution is -0.121. The summed E-state index contributed by atoms with van der Waals surface area (Å²) in [5.41, 5.74) is 0.889. The lowest BCUT2D eigenvalue weighted by atomic mass is 10.0. The molecule has 1 aliphatic heterocycles. The third-order valence-electron chi connectivity index (χ3n) is 5.52. The van der Waals surface area contributed by atoms with Gasteiger partial charge in [0, 0.05) is 24.2 Å². The molecule has 0 bridgehead atoms. The van der Waals surface area contributed by atoms with E-state index in [1.165, 1.54) is 35.4 Å². The number of rotatable bonds is 8. The molecular formula is C23H20ClF2N9O2. The molecule has 0 radical (unpaired) electrons. The second-order valence-electron chi connectivity index (χ2n) is 7.98. The predicted molar refractivity (Wildman–Crippen MR) is 127 cm³/mol. The highest BCUT2D eigenvalue weighted by Gasteiger charge is 2.34. The van der Waals surface area contributed by atoms with Crippen molar-refractivity contribution in [1.29, 1.82) is 5.26 Å². The molecule has 0 saturated heterocycles. The Kier molecular flexibility index (Phi) is 7.80. The summed E-state index contributed by atoms with van der Waals surface area (Å²) in [6, 6.07) is 11.1. The van der Waals surface area contributed by atoms with Crippen LogP contribution < -0.4 is 5.32 Å². The van der Waals surface area contributed by atoms with Crippen molar-refractivity contribution in [2.75, 3.05) is 6.54 Å². The van der Waals surface area contributed by atoms with Crippen molar-refractivity contribution in [2.24, 2.45) is 4.99 Å². The third-order valence-corrected chi connectivity index (χ3v) is 5.76. The number of hydrogen-bond donors (Lipinski definition) is 2. The molecule has 14 heteroatoms. The number of halogens is 3. The number of nitriles is 1. The minimum atomic E-state index is -3.36. The van der Waals surface area contributed by atoms with Crippen LogP contribution in [-0.4, -0.2) is 53.7 Å². The zero-order chi connectivity index (χ0) is 26.4. The van der Waals surface area contributed by atoms with Crippen LogP contribution in [0.25, 0.3) is 5.69 Å². The van der Waals surface area contributed by atoms with Crippen LogP contribution in [0.5, 0.6) is 0 Å². The molecule has 4 rings (SSSR count). The summed E-state index contributed by atoms with van der Waals surface area (Å²) in [6.07, 6.45) is 2.46. The van der Waals surface area contributed by atoms with Crippen molar-refractivity contribution >= 4 is 23.3 Å². The van der Waals surface area contributed by atoms with Gasteiger partial charge in [0.2, 0.25) is 5.91 Å². The van der Waals surface area contributed by atoms with Gasteiger partial charge in [-0.1, -0.05) is 17.7 Å². The van der Waals surface area contributed by atoms with Crippen LogP contribution in [-0.2, 0) is 17.3 Å². The molecule has 0 atom stereocenters. The van der Waals surface area contributed by atoms with Crippen molar-refractivity contribution in [3.63, 3.8) is 0 Å². The van der Waals surface area contributed by atoms with E-state index < -0.39 is 24.1 Å². The van der Waals surface area contributed by atoms with Crippen LogP contribution in [0, 0.1) is 11.3 Å². The molecular weight excluding hydrogens is 508 g/mol. The molecule has 0 unspecified atom stereocenters. The van der Waals surface area contributed by atoms with Gasteiger partial charge in [-0.2, -0.15) is 14.0 Å². The number of benzene rings is 1. The number of amidine groups is 1. The fourth-order valence-electron chi connectivity index (χ4n) is 3.67. The second kappa shape index (κ2) is 11.2. The number of hydroxylamine groups is 2. The number of aromatic nitrogens is 5. The fourth-order valence-corrected chi connectivity index (χ4v) is 3.86. The average Bonchev–Trinajstić information content (AvgIpc) is 3.43. The molecule has 2 aromatic heterocycles. The Labute approximate surface area is 214 Å². The van der Waals surface area contributed by atoms with Crippen molar-refractivity contribution < 1.29 is 18.8 Å². The summed E-state index contributed by atoms with van der Waals surface area (Å²) in [6.45, 7) is -0.904. The number of nitrogens with one attached hydrogen (secondary N) is 1. The van der Waals surface area contributed by atoms with E-state index in [0.717, 1.165) is 0 Å². The smallest absolute Gasteiger partial charge is 0.308 e. The van der Waals surface area contributed by atoms with Crippen LogP contribution in [0.1, 0.15) is 30.5 Å². The van der Waals surface area contributed by atoms with Crippen LogP contribution in [0.2, 0.25) is 5.02 Å². The number of alkyl halides is 2. The zero-order valence-electron chi connectivity index (χ0n) is 19.2. The Morgan fingerprint density at radius 2 is 2.14 bits per heavy atom. The van der Waals surface area contributed by atoms with Crippen LogP contribution in [0.3, 0.4) is 0 Å². The molecule has 0 aliphatic carbocycles. The predicted octanol–water partition coefficient (Wildman–Crippen LogP) is 3.17. The molecule has 1 amide bonds. The third kappa shape index (κ3) is 6.11. The summed E-state index contributed by atoms with van der Waals surface area (Å²) in [4.78, 5) is 20.3. The SMILES string of the molecule is N#CC1=C(CC(=O)NCc2cc(Cl)ccc2-n2cnnn2)N(O)C(=NCC(F)(F)c2ccccn2)CC1. The summed E-state index contributed by atoms with van der Waals surface area (Å²) in [5.74, 6) is -3.96. The lowest BCUT2D eigenvalue weighted by Gasteiger charge is -2.28. The van der Waals surface area contributed by atoms with Gasteiger partial charge in [-0.15, -0.1) is 5.10 Å². The number of aliphatic imine (C=N–C) groups is 1. The summed E-state index contributed by atoms with van der Waals surface area (Å²) < 4.78 is 30.4.